The van der Waals surface area contributed by atoms with Crippen molar-refractivity contribution in [2.45, 2.75) is 33.0 Å². The topological polar surface area (TPSA) is 58.4 Å². The third kappa shape index (κ3) is 2.69. The molecule has 5 heteroatoms. The molecule has 21 heavy (non-hydrogen) atoms. The van der Waals surface area contributed by atoms with Gasteiger partial charge < -0.3 is 9.67 Å². The Morgan fingerprint density at radius 3 is 3.05 bits per heavy atom. The number of aromatic nitrogens is 2. The van der Waals surface area contributed by atoms with Crippen molar-refractivity contribution in [2.24, 2.45) is 0 Å². The van der Waals surface area contributed by atoms with Crippen molar-refractivity contribution < 1.29 is 9.90 Å². The molecule has 0 fully saturated rings. The summed E-state index contributed by atoms with van der Waals surface area (Å²) in [5, 5.41) is 9.26. The van der Waals surface area contributed by atoms with Gasteiger partial charge in [0.1, 0.15) is 5.82 Å². The van der Waals surface area contributed by atoms with Gasteiger partial charge in [-0.2, -0.15) is 0 Å². The zero-order valence-electron chi connectivity index (χ0n) is 12.1. The van der Waals surface area contributed by atoms with E-state index in [0.29, 0.717) is 5.56 Å². The smallest absolute Gasteiger partial charge is 0.335 e. The van der Waals surface area contributed by atoms with Gasteiger partial charge in [0.2, 0.25) is 0 Å². The van der Waals surface area contributed by atoms with E-state index in [2.05, 4.69) is 21.4 Å². The van der Waals surface area contributed by atoms with Gasteiger partial charge in [-0.3, -0.25) is 4.90 Å². The summed E-state index contributed by atoms with van der Waals surface area (Å²) in [7, 11) is 0. The van der Waals surface area contributed by atoms with Gasteiger partial charge >= 0.3 is 5.97 Å². The Hall–Kier alpha value is -2.14. The van der Waals surface area contributed by atoms with Crippen LogP contribution in [0.15, 0.2) is 30.6 Å². The van der Waals surface area contributed by atoms with E-state index in [4.69, 9.17) is 0 Å². The molecule has 110 valence electrons. The molecule has 0 saturated carbocycles. The van der Waals surface area contributed by atoms with Crippen molar-refractivity contribution in [2.75, 3.05) is 6.54 Å². The predicted molar refractivity (Wildman–Crippen MR) is 79.1 cm³/mol. The van der Waals surface area contributed by atoms with Crippen LogP contribution in [0.4, 0.5) is 0 Å². The summed E-state index contributed by atoms with van der Waals surface area (Å²) in [4.78, 5) is 18.0. The number of fused-ring (bicyclic) bond motifs is 1. The molecule has 0 amide bonds. The molecule has 1 aliphatic heterocycles. The van der Waals surface area contributed by atoms with Gasteiger partial charge in [0.05, 0.1) is 12.1 Å². The molecule has 5 nitrogen and oxygen atoms in total. The molecule has 0 bridgehead atoms. The lowest BCUT2D eigenvalue weighted by Crippen LogP contribution is -2.32. The molecule has 0 radical (unpaired) electrons. The fraction of sp³-hybridized carbons (Fsp3) is 0.375. The molecule has 2 heterocycles. The highest BCUT2D eigenvalue weighted by atomic mass is 16.4. The summed E-state index contributed by atoms with van der Waals surface area (Å²) < 4.78 is 2.14. The van der Waals surface area contributed by atoms with Crippen LogP contribution in [0.3, 0.4) is 0 Å². The summed E-state index contributed by atoms with van der Waals surface area (Å²) in [6.07, 6.45) is 4.61. The number of benzene rings is 1. The van der Waals surface area contributed by atoms with Crippen molar-refractivity contribution in [1.82, 2.24) is 14.5 Å². The first-order chi connectivity index (χ1) is 10.2. The van der Waals surface area contributed by atoms with Gasteiger partial charge in [-0.15, -0.1) is 0 Å². The highest BCUT2D eigenvalue weighted by molar-refractivity contribution is 5.89. The van der Waals surface area contributed by atoms with E-state index >= 15 is 0 Å². The minimum atomic E-state index is -0.832. The van der Waals surface area contributed by atoms with Crippen LogP contribution >= 0.6 is 0 Å². The molecular formula is C16H19N3O2. The monoisotopic (exact) mass is 285 g/mol. The number of rotatable bonds is 4. The van der Waals surface area contributed by atoms with Crippen LogP contribution < -0.4 is 0 Å². The highest BCUT2D eigenvalue weighted by Crippen LogP contribution is 2.23. The average molecular weight is 285 g/mol. The molecule has 3 rings (SSSR count). The molecule has 1 aromatic carbocycles. The largest absolute Gasteiger partial charge is 0.478 e. The second kappa shape index (κ2) is 5.69. The van der Waals surface area contributed by atoms with Crippen molar-refractivity contribution in [1.29, 1.82) is 0 Å². The second-order valence-corrected chi connectivity index (χ2v) is 5.34. The summed E-state index contributed by atoms with van der Waals surface area (Å²) in [6.45, 7) is 5.48. The predicted octanol–water partition coefficient (Wildman–Crippen LogP) is 2.16. The van der Waals surface area contributed by atoms with Crippen molar-refractivity contribution in [3.63, 3.8) is 0 Å². The maximum atomic E-state index is 11.3. The number of hydrogen-bond donors (Lipinski definition) is 1. The first kappa shape index (κ1) is 13.8. The summed E-state index contributed by atoms with van der Waals surface area (Å²) in [5.74, 6) is 0.233. The van der Waals surface area contributed by atoms with Crippen LogP contribution in [0.2, 0.25) is 0 Å². The lowest BCUT2D eigenvalue weighted by atomic mass is 9.94. The van der Waals surface area contributed by atoms with E-state index in [0.717, 1.165) is 49.6 Å². The Balaban J connectivity index is 1.79. The standard InChI is InChI=1S/C16H19N3O2/c1-2-19-9-7-17-15(19)11-18-8-6-13-12(10-18)4-3-5-14(13)16(20)21/h3-5,7,9H,2,6,8,10-11H2,1H3,(H,20,21). The molecular weight excluding hydrogens is 266 g/mol. The van der Waals surface area contributed by atoms with Gasteiger partial charge in [0.25, 0.3) is 0 Å². The molecule has 0 saturated heterocycles. The van der Waals surface area contributed by atoms with Crippen LogP contribution in [-0.4, -0.2) is 32.1 Å². The molecule has 0 spiro atoms. The lowest BCUT2D eigenvalue weighted by Gasteiger charge is -2.29. The minimum absolute atomic E-state index is 0.446. The number of aromatic carboxylic acids is 1. The molecule has 0 aliphatic carbocycles. The quantitative estimate of drug-likeness (QED) is 0.935. The van der Waals surface area contributed by atoms with Gasteiger partial charge in [0, 0.05) is 32.0 Å². The number of carboxylic acid groups (broad SMARTS) is 1. The summed E-state index contributed by atoms with van der Waals surface area (Å²) in [6, 6.07) is 5.56. The van der Waals surface area contributed by atoms with Crippen molar-refractivity contribution >= 4 is 5.97 Å². The average Bonchev–Trinajstić information content (AvgIpc) is 2.93. The Bertz CT molecular complexity index is 663. The van der Waals surface area contributed by atoms with Gasteiger partial charge in [-0.1, -0.05) is 12.1 Å². The fourth-order valence-electron chi connectivity index (χ4n) is 2.98. The fourth-order valence-corrected chi connectivity index (χ4v) is 2.98. The maximum absolute atomic E-state index is 11.3. The molecule has 1 aromatic heterocycles. The third-order valence-electron chi connectivity index (χ3n) is 4.08. The molecule has 2 aromatic rings. The Morgan fingerprint density at radius 1 is 1.43 bits per heavy atom. The first-order valence-corrected chi connectivity index (χ1v) is 7.25. The van der Waals surface area contributed by atoms with Crippen molar-refractivity contribution in [3.8, 4) is 0 Å². The number of imidazole rings is 1. The Kier molecular flexibility index (Phi) is 3.75. The molecule has 1 N–H and O–H groups in total. The zero-order valence-corrected chi connectivity index (χ0v) is 12.1. The maximum Gasteiger partial charge on any atom is 0.335 e. The number of hydrogen-bond acceptors (Lipinski definition) is 3. The van der Waals surface area contributed by atoms with E-state index in [1.54, 1.807) is 6.07 Å². The Labute approximate surface area is 123 Å². The van der Waals surface area contributed by atoms with Crippen LogP contribution in [0.25, 0.3) is 0 Å². The van der Waals surface area contributed by atoms with E-state index in [1.807, 2.05) is 24.5 Å². The summed E-state index contributed by atoms with van der Waals surface area (Å²) >= 11 is 0. The van der Waals surface area contributed by atoms with E-state index in [1.165, 1.54) is 0 Å². The van der Waals surface area contributed by atoms with Crippen LogP contribution in [-0.2, 0) is 26.1 Å². The molecule has 0 unspecified atom stereocenters. The van der Waals surface area contributed by atoms with Crippen LogP contribution in [0.5, 0.6) is 0 Å². The second-order valence-electron chi connectivity index (χ2n) is 5.34. The van der Waals surface area contributed by atoms with E-state index in [-0.39, 0.29) is 0 Å². The number of carboxylic acids is 1. The highest BCUT2D eigenvalue weighted by Gasteiger charge is 2.21. The zero-order chi connectivity index (χ0) is 14.8. The van der Waals surface area contributed by atoms with Gasteiger partial charge in [-0.25, -0.2) is 9.78 Å². The lowest BCUT2D eigenvalue weighted by molar-refractivity contribution is 0.0694. The Morgan fingerprint density at radius 2 is 2.29 bits per heavy atom. The third-order valence-corrected chi connectivity index (χ3v) is 4.08. The number of aryl methyl sites for hydroxylation is 1. The molecule has 1 aliphatic rings. The van der Waals surface area contributed by atoms with Crippen molar-refractivity contribution in [3.05, 3.63) is 53.1 Å². The minimum Gasteiger partial charge on any atom is -0.478 e. The van der Waals surface area contributed by atoms with Crippen LogP contribution in [0.1, 0.15) is 34.2 Å². The number of nitrogens with zero attached hydrogens (tertiary/aromatic N) is 3. The van der Waals surface area contributed by atoms with Gasteiger partial charge in [-0.05, 0) is 30.5 Å². The number of carbonyl (C=O) groups is 1. The van der Waals surface area contributed by atoms with Gasteiger partial charge in [0.15, 0.2) is 0 Å². The normalized spacial score (nSPS) is 14.9. The summed E-state index contributed by atoms with van der Waals surface area (Å²) in [5.41, 5.74) is 2.55. The first-order valence-electron chi connectivity index (χ1n) is 7.25. The molecule has 0 atom stereocenters. The van der Waals surface area contributed by atoms with Crippen LogP contribution in [0, 0.1) is 0 Å². The van der Waals surface area contributed by atoms with E-state index in [9.17, 15) is 9.90 Å². The van der Waals surface area contributed by atoms with E-state index < -0.39 is 5.97 Å². The SMILES string of the molecule is CCn1ccnc1CN1CCc2c(cccc2C(=O)O)C1.